The zero-order valence-electron chi connectivity index (χ0n) is 16.6. The van der Waals surface area contributed by atoms with Crippen molar-refractivity contribution >= 4 is 46.2 Å². The SMILES string of the molecule is Cc1nc(-c2ccc(C(F)(F)F)cc2)sc1C(=O)OCC(=O)Nc1cc([N+](=O)[O-])ccc1Cl. The van der Waals surface area contributed by atoms with E-state index in [1.165, 1.54) is 31.2 Å². The van der Waals surface area contributed by atoms with Gasteiger partial charge in [-0.2, -0.15) is 13.2 Å². The summed E-state index contributed by atoms with van der Waals surface area (Å²) in [6.45, 7) is 0.814. The average molecular weight is 500 g/mol. The summed E-state index contributed by atoms with van der Waals surface area (Å²) in [4.78, 5) is 38.9. The topological polar surface area (TPSA) is 111 Å². The molecule has 1 amide bonds. The highest BCUT2D eigenvalue weighted by Crippen LogP contribution is 2.33. The van der Waals surface area contributed by atoms with Gasteiger partial charge in [-0.15, -0.1) is 11.3 Å². The Morgan fingerprint density at radius 1 is 1.21 bits per heavy atom. The minimum absolute atomic E-state index is 0.0227. The van der Waals surface area contributed by atoms with Crippen molar-refractivity contribution < 1.29 is 32.4 Å². The van der Waals surface area contributed by atoms with Crippen LogP contribution in [-0.4, -0.2) is 28.4 Å². The van der Waals surface area contributed by atoms with E-state index in [2.05, 4.69) is 10.3 Å². The second kappa shape index (κ2) is 9.55. The molecule has 13 heteroatoms. The number of nitro benzene ring substituents is 1. The van der Waals surface area contributed by atoms with Crippen molar-refractivity contribution in [2.24, 2.45) is 0 Å². The number of alkyl halides is 3. The molecule has 1 heterocycles. The van der Waals surface area contributed by atoms with E-state index in [-0.39, 0.29) is 27.0 Å². The normalized spacial score (nSPS) is 11.2. The molecule has 0 saturated heterocycles. The van der Waals surface area contributed by atoms with Crippen LogP contribution in [0.5, 0.6) is 0 Å². The van der Waals surface area contributed by atoms with Crippen LogP contribution in [-0.2, 0) is 15.7 Å². The third-order valence-corrected chi connectivity index (χ3v) is 5.73. The number of aryl methyl sites for hydroxylation is 1. The molecular weight excluding hydrogens is 487 g/mol. The Labute approximate surface area is 193 Å². The van der Waals surface area contributed by atoms with Crippen molar-refractivity contribution in [3.8, 4) is 10.6 Å². The van der Waals surface area contributed by atoms with Crippen LogP contribution in [0, 0.1) is 17.0 Å². The smallest absolute Gasteiger partial charge is 0.416 e. The lowest BCUT2D eigenvalue weighted by molar-refractivity contribution is -0.384. The van der Waals surface area contributed by atoms with Crippen molar-refractivity contribution in [1.29, 1.82) is 0 Å². The van der Waals surface area contributed by atoms with Gasteiger partial charge in [0, 0.05) is 17.7 Å². The molecule has 1 N–H and O–H groups in total. The number of non-ortho nitro benzene ring substituents is 1. The highest BCUT2D eigenvalue weighted by molar-refractivity contribution is 7.17. The largest absolute Gasteiger partial charge is 0.451 e. The van der Waals surface area contributed by atoms with E-state index in [4.69, 9.17) is 16.3 Å². The summed E-state index contributed by atoms with van der Waals surface area (Å²) in [6.07, 6.45) is -4.47. The summed E-state index contributed by atoms with van der Waals surface area (Å²) >= 11 is 6.81. The lowest BCUT2D eigenvalue weighted by atomic mass is 10.1. The molecule has 0 aliphatic heterocycles. The van der Waals surface area contributed by atoms with Crippen LogP contribution in [0.2, 0.25) is 5.02 Å². The number of benzene rings is 2. The third kappa shape index (κ3) is 5.84. The first-order valence-corrected chi connectivity index (χ1v) is 10.2. The van der Waals surface area contributed by atoms with Crippen LogP contribution in [0.15, 0.2) is 42.5 Å². The lowest BCUT2D eigenvalue weighted by Crippen LogP contribution is -2.21. The predicted molar refractivity (Wildman–Crippen MR) is 114 cm³/mol. The number of anilines is 1. The minimum Gasteiger partial charge on any atom is -0.451 e. The van der Waals surface area contributed by atoms with E-state index in [9.17, 15) is 32.9 Å². The van der Waals surface area contributed by atoms with E-state index < -0.39 is 35.1 Å². The second-order valence-electron chi connectivity index (χ2n) is 6.55. The number of nitro groups is 1. The molecule has 0 radical (unpaired) electrons. The van der Waals surface area contributed by atoms with Crippen LogP contribution in [0.4, 0.5) is 24.5 Å². The van der Waals surface area contributed by atoms with Crippen LogP contribution in [0.25, 0.3) is 10.6 Å². The molecule has 3 rings (SSSR count). The fourth-order valence-electron chi connectivity index (χ4n) is 2.62. The third-order valence-electron chi connectivity index (χ3n) is 4.21. The summed E-state index contributed by atoms with van der Waals surface area (Å²) in [5, 5.41) is 13.5. The summed E-state index contributed by atoms with van der Waals surface area (Å²) in [5.41, 5.74) is -0.461. The highest BCUT2D eigenvalue weighted by Gasteiger charge is 2.30. The Morgan fingerprint density at radius 2 is 1.88 bits per heavy atom. The van der Waals surface area contributed by atoms with Gasteiger partial charge in [0.25, 0.3) is 11.6 Å². The van der Waals surface area contributed by atoms with Crippen LogP contribution in [0.1, 0.15) is 20.9 Å². The molecular formula is C20H13ClF3N3O5S. The summed E-state index contributed by atoms with van der Waals surface area (Å²) < 4.78 is 43.1. The minimum atomic E-state index is -4.47. The maximum atomic E-state index is 12.7. The summed E-state index contributed by atoms with van der Waals surface area (Å²) in [5.74, 6) is -1.64. The maximum Gasteiger partial charge on any atom is 0.416 e. The number of rotatable bonds is 6. The average Bonchev–Trinajstić information content (AvgIpc) is 3.14. The number of thiazole rings is 1. The van der Waals surface area contributed by atoms with Gasteiger partial charge in [0.2, 0.25) is 0 Å². The predicted octanol–water partition coefficient (Wildman–Crippen LogP) is 5.49. The van der Waals surface area contributed by atoms with Gasteiger partial charge in [-0.05, 0) is 25.1 Å². The number of carbonyl (C=O) groups excluding carboxylic acids is 2. The first-order chi connectivity index (χ1) is 15.5. The molecule has 0 aliphatic rings. The van der Waals surface area contributed by atoms with E-state index in [0.29, 0.717) is 10.6 Å². The lowest BCUT2D eigenvalue weighted by Gasteiger charge is -2.07. The first-order valence-electron chi connectivity index (χ1n) is 9.01. The number of amides is 1. The van der Waals surface area contributed by atoms with Gasteiger partial charge in [0.05, 0.1) is 26.9 Å². The zero-order valence-corrected chi connectivity index (χ0v) is 18.2. The number of esters is 1. The molecule has 3 aromatic rings. The Kier molecular flexibility index (Phi) is 6.98. The molecule has 172 valence electrons. The standard InChI is InChI=1S/C20H13ClF3N3O5S/c1-10-17(33-18(25-10)11-2-4-12(5-3-11)20(22,23)24)19(29)32-9-16(28)26-15-8-13(27(30)31)6-7-14(15)21/h2-8H,9H2,1H3,(H,26,28). The molecule has 0 bridgehead atoms. The quantitative estimate of drug-likeness (QED) is 0.272. The Morgan fingerprint density at radius 3 is 2.48 bits per heavy atom. The van der Waals surface area contributed by atoms with Crippen LogP contribution >= 0.6 is 22.9 Å². The molecule has 0 unspecified atom stereocenters. The van der Waals surface area contributed by atoms with E-state index >= 15 is 0 Å². The van der Waals surface area contributed by atoms with Gasteiger partial charge < -0.3 is 10.1 Å². The number of halogens is 4. The number of hydrogen-bond acceptors (Lipinski definition) is 7. The molecule has 8 nitrogen and oxygen atoms in total. The maximum absolute atomic E-state index is 12.7. The number of carbonyl (C=O) groups is 2. The second-order valence-corrected chi connectivity index (χ2v) is 7.96. The Bertz CT molecular complexity index is 1230. The fraction of sp³-hybridized carbons (Fsp3) is 0.150. The fourth-order valence-corrected chi connectivity index (χ4v) is 3.75. The van der Waals surface area contributed by atoms with Crippen molar-refractivity contribution in [3.05, 3.63) is 73.7 Å². The summed E-state index contributed by atoms with van der Waals surface area (Å²) in [6, 6.07) is 7.77. The van der Waals surface area contributed by atoms with Crippen molar-refractivity contribution in [3.63, 3.8) is 0 Å². The molecule has 0 aliphatic carbocycles. The van der Waals surface area contributed by atoms with Gasteiger partial charge in [0.15, 0.2) is 6.61 Å². The molecule has 33 heavy (non-hydrogen) atoms. The number of ether oxygens (including phenoxy) is 1. The molecule has 1 aromatic heterocycles. The van der Waals surface area contributed by atoms with Gasteiger partial charge >= 0.3 is 12.1 Å². The van der Waals surface area contributed by atoms with Gasteiger partial charge in [-0.25, -0.2) is 9.78 Å². The molecule has 0 saturated carbocycles. The zero-order chi connectivity index (χ0) is 24.3. The summed E-state index contributed by atoms with van der Waals surface area (Å²) in [7, 11) is 0. The number of nitrogens with zero attached hydrogens (tertiary/aromatic N) is 2. The first kappa shape index (κ1) is 24.1. The van der Waals surface area contributed by atoms with Crippen molar-refractivity contribution in [2.45, 2.75) is 13.1 Å². The van der Waals surface area contributed by atoms with Crippen LogP contribution < -0.4 is 5.32 Å². The Hall–Kier alpha value is -3.51. The highest BCUT2D eigenvalue weighted by atomic mass is 35.5. The van der Waals surface area contributed by atoms with E-state index in [1.807, 2.05) is 0 Å². The van der Waals surface area contributed by atoms with Crippen LogP contribution in [0.3, 0.4) is 0 Å². The molecule has 0 atom stereocenters. The van der Waals surface area contributed by atoms with E-state index in [0.717, 1.165) is 29.5 Å². The molecule has 0 spiro atoms. The van der Waals surface area contributed by atoms with E-state index in [1.54, 1.807) is 0 Å². The monoisotopic (exact) mass is 499 g/mol. The van der Waals surface area contributed by atoms with Gasteiger partial charge in [-0.1, -0.05) is 23.7 Å². The van der Waals surface area contributed by atoms with Gasteiger partial charge in [0.1, 0.15) is 9.88 Å². The molecule has 2 aromatic carbocycles. The van der Waals surface area contributed by atoms with Crippen molar-refractivity contribution in [2.75, 3.05) is 11.9 Å². The number of hydrogen-bond donors (Lipinski definition) is 1. The van der Waals surface area contributed by atoms with Gasteiger partial charge in [-0.3, -0.25) is 14.9 Å². The van der Waals surface area contributed by atoms with Crippen molar-refractivity contribution in [1.82, 2.24) is 4.98 Å². The number of aromatic nitrogens is 1. The molecule has 0 fully saturated rings. The Balaban J connectivity index is 1.65. The number of nitrogens with one attached hydrogen (secondary N) is 1.